The Morgan fingerprint density at radius 1 is 1.53 bits per heavy atom. The van der Waals surface area contributed by atoms with Gasteiger partial charge in [0.05, 0.1) is 11.1 Å². The van der Waals surface area contributed by atoms with Crippen molar-refractivity contribution in [2.24, 2.45) is 0 Å². The van der Waals surface area contributed by atoms with Gasteiger partial charge < -0.3 is 9.67 Å². The number of aryl methyl sites for hydroxylation is 1. The Balaban J connectivity index is 2.82. The molecular weight excluding hydrogens is 197 g/mol. The molecule has 0 unspecified atom stereocenters. The molecule has 0 aliphatic heterocycles. The molecule has 2 rings (SSSR count). The van der Waals surface area contributed by atoms with Gasteiger partial charge >= 0.3 is 5.97 Å². The average Bonchev–Trinajstić information content (AvgIpc) is 2.58. The molecule has 0 aliphatic rings. The molecule has 1 heterocycles. The molecule has 0 saturated heterocycles. The molecule has 4 heteroatoms. The van der Waals surface area contributed by atoms with E-state index < -0.39 is 11.8 Å². The number of carboxylic acid groups (broad SMARTS) is 1. The quantitative estimate of drug-likeness (QED) is 0.822. The summed E-state index contributed by atoms with van der Waals surface area (Å²) in [5.74, 6) is -1.62. The molecule has 0 radical (unpaired) electrons. The zero-order chi connectivity index (χ0) is 11.0. The molecule has 1 aromatic heterocycles. The number of aromatic nitrogens is 1. The van der Waals surface area contributed by atoms with E-state index in [0.717, 1.165) is 6.07 Å². The topological polar surface area (TPSA) is 42.2 Å². The molecule has 15 heavy (non-hydrogen) atoms. The Hall–Kier alpha value is -1.84. The van der Waals surface area contributed by atoms with Crippen LogP contribution < -0.4 is 0 Å². The third-order valence-electron chi connectivity index (χ3n) is 2.42. The van der Waals surface area contributed by atoms with Crippen molar-refractivity contribution in [1.29, 1.82) is 0 Å². The molecular formula is C11H10FNO2. The molecule has 3 nitrogen and oxygen atoms in total. The van der Waals surface area contributed by atoms with Gasteiger partial charge in [-0.15, -0.1) is 0 Å². The molecule has 1 aromatic carbocycles. The van der Waals surface area contributed by atoms with Crippen molar-refractivity contribution in [2.45, 2.75) is 13.5 Å². The molecule has 0 amide bonds. The minimum atomic E-state index is -1.10. The summed E-state index contributed by atoms with van der Waals surface area (Å²) in [5.41, 5.74) is 0.632. The Morgan fingerprint density at radius 3 is 2.87 bits per heavy atom. The van der Waals surface area contributed by atoms with Crippen LogP contribution in [0.5, 0.6) is 0 Å². The van der Waals surface area contributed by atoms with Gasteiger partial charge in [0.1, 0.15) is 5.82 Å². The van der Waals surface area contributed by atoms with Gasteiger partial charge in [-0.05, 0) is 25.1 Å². The predicted molar refractivity (Wildman–Crippen MR) is 54.5 cm³/mol. The molecule has 0 bridgehead atoms. The average molecular weight is 207 g/mol. The van der Waals surface area contributed by atoms with Gasteiger partial charge in [-0.1, -0.05) is 0 Å². The van der Waals surface area contributed by atoms with Crippen molar-refractivity contribution < 1.29 is 14.3 Å². The standard InChI is InChI=1S/C11H10FNO2/c1-2-13-4-3-8-9(11(14)15)5-7(12)6-10(8)13/h3-6H,2H2,1H3,(H,14,15). The van der Waals surface area contributed by atoms with E-state index in [1.54, 1.807) is 12.3 Å². The van der Waals surface area contributed by atoms with Crippen molar-refractivity contribution in [2.75, 3.05) is 0 Å². The number of aromatic carboxylic acids is 1. The van der Waals surface area contributed by atoms with Gasteiger partial charge in [-0.3, -0.25) is 0 Å². The Kier molecular flexibility index (Phi) is 2.19. The Labute approximate surface area is 85.7 Å². The summed E-state index contributed by atoms with van der Waals surface area (Å²) in [6, 6.07) is 4.09. The third kappa shape index (κ3) is 1.48. The lowest BCUT2D eigenvalue weighted by Crippen LogP contribution is -1.99. The summed E-state index contributed by atoms with van der Waals surface area (Å²) in [4.78, 5) is 10.9. The van der Waals surface area contributed by atoms with Crippen LogP contribution in [0.3, 0.4) is 0 Å². The second-order valence-electron chi connectivity index (χ2n) is 3.29. The SMILES string of the molecule is CCn1ccc2c(C(=O)O)cc(F)cc21. The van der Waals surface area contributed by atoms with E-state index >= 15 is 0 Å². The van der Waals surface area contributed by atoms with Crippen LogP contribution in [-0.2, 0) is 6.54 Å². The molecule has 0 spiro atoms. The first-order valence-electron chi connectivity index (χ1n) is 4.65. The number of carboxylic acids is 1. The number of benzene rings is 1. The summed E-state index contributed by atoms with van der Waals surface area (Å²) in [6.45, 7) is 2.61. The van der Waals surface area contributed by atoms with Gasteiger partial charge in [-0.2, -0.15) is 0 Å². The van der Waals surface area contributed by atoms with E-state index in [1.165, 1.54) is 6.07 Å². The van der Waals surface area contributed by atoms with Crippen molar-refractivity contribution in [3.05, 3.63) is 35.8 Å². The van der Waals surface area contributed by atoms with E-state index in [1.807, 2.05) is 11.5 Å². The zero-order valence-electron chi connectivity index (χ0n) is 8.20. The maximum Gasteiger partial charge on any atom is 0.336 e. The highest BCUT2D eigenvalue weighted by molar-refractivity contribution is 6.03. The molecule has 0 fully saturated rings. The molecule has 2 aromatic rings. The highest BCUT2D eigenvalue weighted by atomic mass is 19.1. The number of hydrogen-bond donors (Lipinski definition) is 1. The lowest BCUT2D eigenvalue weighted by molar-refractivity contribution is 0.0698. The van der Waals surface area contributed by atoms with Gasteiger partial charge in [-0.25, -0.2) is 9.18 Å². The van der Waals surface area contributed by atoms with Crippen molar-refractivity contribution in [1.82, 2.24) is 4.57 Å². The molecule has 0 saturated carbocycles. The number of halogens is 1. The largest absolute Gasteiger partial charge is 0.478 e. The number of carbonyl (C=O) groups is 1. The van der Waals surface area contributed by atoms with Gasteiger partial charge in [0.25, 0.3) is 0 Å². The number of fused-ring (bicyclic) bond motifs is 1. The first-order chi connectivity index (χ1) is 7.13. The zero-order valence-corrected chi connectivity index (χ0v) is 8.20. The number of rotatable bonds is 2. The Morgan fingerprint density at radius 2 is 2.27 bits per heavy atom. The van der Waals surface area contributed by atoms with Gasteiger partial charge in [0.15, 0.2) is 0 Å². The summed E-state index contributed by atoms with van der Waals surface area (Å²) < 4.78 is 15.0. The Bertz CT molecular complexity index is 531. The van der Waals surface area contributed by atoms with Gasteiger partial charge in [0.2, 0.25) is 0 Å². The first kappa shape index (κ1) is 9.71. The molecule has 0 atom stereocenters. The van der Waals surface area contributed by atoms with E-state index in [4.69, 9.17) is 5.11 Å². The predicted octanol–water partition coefficient (Wildman–Crippen LogP) is 2.50. The summed E-state index contributed by atoms with van der Waals surface area (Å²) >= 11 is 0. The minimum Gasteiger partial charge on any atom is -0.478 e. The highest BCUT2D eigenvalue weighted by Crippen LogP contribution is 2.22. The monoisotopic (exact) mass is 207 g/mol. The lowest BCUT2D eigenvalue weighted by atomic mass is 10.1. The summed E-state index contributed by atoms with van der Waals surface area (Å²) in [6.07, 6.45) is 1.76. The van der Waals surface area contributed by atoms with E-state index in [9.17, 15) is 9.18 Å². The maximum absolute atomic E-state index is 13.2. The van der Waals surface area contributed by atoms with Crippen molar-refractivity contribution in [3.63, 3.8) is 0 Å². The van der Waals surface area contributed by atoms with E-state index in [2.05, 4.69) is 0 Å². The molecule has 1 N–H and O–H groups in total. The third-order valence-corrected chi connectivity index (χ3v) is 2.42. The van der Waals surface area contributed by atoms with Crippen LogP contribution in [0.25, 0.3) is 10.9 Å². The van der Waals surface area contributed by atoms with Crippen molar-refractivity contribution in [3.8, 4) is 0 Å². The second kappa shape index (κ2) is 3.38. The highest BCUT2D eigenvalue weighted by Gasteiger charge is 2.12. The molecule has 78 valence electrons. The lowest BCUT2D eigenvalue weighted by Gasteiger charge is -2.02. The van der Waals surface area contributed by atoms with Crippen LogP contribution >= 0.6 is 0 Å². The smallest absolute Gasteiger partial charge is 0.336 e. The van der Waals surface area contributed by atoms with Crippen LogP contribution in [0.1, 0.15) is 17.3 Å². The fourth-order valence-electron chi connectivity index (χ4n) is 1.71. The molecule has 0 aliphatic carbocycles. The fourth-order valence-corrected chi connectivity index (χ4v) is 1.71. The first-order valence-corrected chi connectivity index (χ1v) is 4.65. The van der Waals surface area contributed by atoms with Crippen LogP contribution in [0.15, 0.2) is 24.4 Å². The normalized spacial score (nSPS) is 10.8. The van der Waals surface area contributed by atoms with Crippen LogP contribution in [0.4, 0.5) is 4.39 Å². The summed E-state index contributed by atoms with van der Waals surface area (Å²) in [7, 11) is 0. The van der Waals surface area contributed by atoms with Crippen molar-refractivity contribution >= 4 is 16.9 Å². The fraction of sp³-hybridized carbons (Fsp3) is 0.182. The maximum atomic E-state index is 13.2. The summed E-state index contributed by atoms with van der Waals surface area (Å²) in [5, 5.41) is 9.49. The van der Waals surface area contributed by atoms with Crippen LogP contribution in [-0.4, -0.2) is 15.6 Å². The minimum absolute atomic E-state index is 0.0113. The second-order valence-corrected chi connectivity index (χ2v) is 3.29. The van der Waals surface area contributed by atoms with Gasteiger partial charge in [0, 0.05) is 18.1 Å². The number of hydrogen-bond acceptors (Lipinski definition) is 1. The van der Waals surface area contributed by atoms with E-state index in [-0.39, 0.29) is 5.56 Å². The van der Waals surface area contributed by atoms with E-state index in [0.29, 0.717) is 17.4 Å². The number of nitrogens with zero attached hydrogens (tertiary/aromatic N) is 1. The van der Waals surface area contributed by atoms with Crippen LogP contribution in [0.2, 0.25) is 0 Å². The van der Waals surface area contributed by atoms with Crippen LogP contribution in [0, 0.1) is 5.82 Å².